The van der Waals surface area contributed by atoms with Crippen molar-refractivity contribution in [2.45, 2.75) is 23.9 Å². The summed E-state index contributed by atoms with van der Waals surface area (Å²) in [5, 5.41) is 22.3. The van der Waals surface area contributed by atoms with Crippen LogP contribution in [0.3, 0.4) is 0 Å². The van der Waals surface area contributed by atoms with Gasteiger partial charge < -0.3 is 10.4 Å². The zero-order valence-electron chi connectivity index (χ0n) is 14.0. The fourth-order valence-corrected chi connectivity index (χ4v) is 2.97. The van der Waals surface area contributed by atoms with Crippen LogP contribution in [0.25, 0.3) is 22.4 Å². The number of nitrogens with zero attached hydrogens (tertiary/aromatic N) is 4. The Morgan fingerprint density at radius 2 is 2.00 bits per heavy atom. The molecule has 8 heteroatoms. The van der Waals surface area contributed by atoms with E-state index in [1.807, 2.05) is 6.26 Å². The van der Waals surface area contributed by atoms with Gasteiger partial charge in [0.2, 0.25) is 11.9 Å². The van der Waals surface area contributed by atoms with E-state index in [1.54, 1.807) is 30.5 Å². The van der Waals surface area contributed by atoms with Crippen molar-refractivity contribution in [2.75, 3.05) is 11.6 Å². The van der Waals surface area contributed by atoms with Gasteiger partial charge in [0.15, 0.2) is 0 Å². The van der Waals surface area contributed by atoms with Gasteiger partial charge in [-0.25, -0.2) is 9.97 Å². The standard InChI is InChI=1S/C18H16FN5OS/c1-26-17-8-11(7-16(19)22-17)10-2-5-13(15(25)6-10)14-9-20-18(24-23-14)21-12-3-4-12/h2,5-9,12,25H,3-4H2,1H3,(H,20,21,24). The lowest BCUT2D eigenvalue weighted by atomic mass is 10.0. The SMILES string of the molecule is CSc1cc(-c2ccc(-c3cnc(NC4CC4)nn3)c(O)c2)cc(F)n1. The zero-order chi connectivity index (χ0) is 18.1. The first-order chi connectivity index (χ1) is 12.6. The molecule has 1 aromatic carbocycles. The number of benzene rings is 1. The second kappa shape index (κ2) is 6.87. The molecular formula is C18H16FN5OS. The highest BCUT2D eigenvalue weighted by molar-refractivity contribution is 7.98. The zero-order valence-corrected chi connectivity index (χ0v) is 14.8. The van der Waals surface area contributed by atoms with Crippen LogP contribution in [0.15, 0.2) is 41.6 Å². The summed E-state index contributed by atoms with van der Waals surface area (Å²) >= 11 is 1.36. The van der Waals surface area contributed by atoms with Gasteiger partial charge in [0.1, 0.15) is 11.4 Å². The first-order valence-electron chi connectivity index (χ1n) is 8.14. The molecule has 2 heterocycles. The molecular weight excluding hydrogens is 353 g/mol. The predicted molar refractivity (Wildman–Crippen MR) is 98.5 cm³/mol. The maximum absolute atomic E-state index is 13.7. The monoisotopic (exact) mass is 369 g/mol. The van der Waals surface area contributed by atoms with E-state index in [0.717, 1.165) is 12.8 Å². The average Bonchev–Trinajstić information content (AvgIpc) is 3.46. The van der Waals surface area contributed by atoms with Crippen LogP contribution in [0.2, 0.25) is 0 Å². The molecule has 0 amide bonds. The summed E-state index contributed by atoms with van der Waals surface area (Å²) in [5.74, 6) is -0.0297. The summed E-state index contributed by atoms with van der Waals surface area (Å²) in [6.45, 7) is 0. The Labute approximate surface area is 153 Å². The molecule has 1 fully saturated rings. The lowest BCUT2D eigenvalue weighted by Gasteiger charge is -2.08. The van der Waals surface area contributed by atoms with Gasteiger partial charge in [-0.1, -0.05) is 6.07 Å². The topological polar surface area (TPSA) is 83.8 Å². The van der Waals surface area contributed by atoms with Gasteiger partial charge in [-0.3, -0.25) is 0 Å². The van der Waals surface area contributed by atoms with E-state index in [0.29, 0.717) is 39.4 Å². The molecule has 0 aliphatic heterocycles. The molecule has 2 N–H and O–H groups in total. The van der Waals surface area contributed by atoms with Crippen LogP contribution >= 0.6 is 11.8 Å². The summed E-state index contributed by atoms with van der Waals surface area (Å²) in [6.07, 6.45) is 5.66. The Morgan fingerprint density at radius 1 is 1.15 bits per heavy atom. The minimum atomic E-state index is -0.552. The maximum Gasteiger partial charge on any atom is 0.242 e. The quantitative estimate of drug-likeness (QED) is 0.523. The van der Waals surface area contributed by atoms with E-state index >= 15 is 0 Å². The summed E-state index contributed by atoms with van der Waals surface area (Å²) in [6, 6.07) is 8.66. The van der Waals surface area contributed by atoms with Gasteiger partial charge in [-0.15, -0.1) is 22.0 Å². The number of pyridine rings is 1. The largest absolute Gasteiger partial charge is 0.507 e. The van der Waals surface area contributed by atoms with Crippen molar-refractivity contribution in [1.82, 2.24) is 20.2 Å². The highest BCUT2D eigenvalue weighted by Gasteiger charge is 2.22. The van der Waals surface area contributed by atoms with E-state index < -0.39 is 5.95 Å². The Bertz CT molecular complexity index is 947. The number of rotatable bonds is 5. The Kier molecular flexibility index (Phi) is 4.42. The van der Waals surface area contributed by atoms with Gasteiger partial charge in [-0.05, 0) is 48.4 Å². The Morgan fingerprint density at radius 3 is 2.65 bits per heavy atom. The van der Waals surface area contributed by atoms with Gasteiger partial charge in [-0.2, -0.15) is 4.39 Å². The molecule has 0 saturated heterocycles. The minimum absolute atomic E-state index is 0.0319. The van der Waals surface area contributed by atoms with Gasteiger partial charge in [0.05, 0.1) is 11.2 Å². The summed E-state index contributed by atoms with van der Waals surface area (Å²) in [5.41, 5.74) is 2.33. The van der Waals surface area contributed by atoms with Crippen LogP contribution in [0.5, 0.6) is 5.75 Å². The van der Waals surface area contributed by atoms with Crippen LogP contribution < -0.4 is 5.32 Å². The molecule has 6 nitrogen and oxygen atoms in total. The third-order valence-corrected chi connectivity index (χ3v) is 4.69. The van der Waals surface area contributed by atoms with Crippen molar-refractivity contribution in [2.24, 2.45) is 0 Å². The second-order valence-electron chi connectivity index (χ2n) is 6.04. The molecule has 1 aliphatic carbocycles. The lowest BCUT2D eigenvalue weighted by molar-refractivity contribution is 0.477. The number of phenols is 1. The van der Waals surface area contributed by atoms with E-state index in [9.17, 15) is 9.50 Å². The normalized spacial score (nSPS) is 13.6. The van der Waals surface area contributed by atoms with Crippen LogP contribution in [0, 0.1) is 5.95 Å². The Balaban J connectivity index is 1.62. The van der Waals surface area contributed by atoms with Crippen molar-refractivity contribution in [3.05, 3.63) is 42.5 Å². The third-order valence-electron chi connectivity index (χ3n) is 4.06. The average molecular weight is 369 g/mol. The molecule has 3 aromatic rings. The fraction of sp³-hybridized carbons (Fsp3) is 0.222. The van der Waals surface area contributed by atoms with E-state index in [2.05, 4.69) is 25.5 Å². The van der Waals surface area contributed by atoms with E-state index in [1.165, 1.54) is 17.8 Å². The molecule has 0 spiro atoms. The predicted octanol–water partition coefficient (Wildman–Crippen LogP) is 3.74. The lowest BCUT2D eigenvalue weighted by Crippen LogP contribution is -2.06. The van der Waals surface area contributed by atoms with Gasteiger partial charge >= 0.3 is 0 Å². The second-order valence-corrected chi connectivity index (χ2v) is 6.87. The first kappa shape index (κ1) is 16.7. The maximum atomic E-state index is 13.7. The van der Waals surface area contributed by atoms with Crippen LogP contribution in [-0.4, -0.2) is 37.6 Å². The van der Waals surface area contributed by atoms with Crippen molar-refractivity contribution in [3.63, 3.8) is 0 Å². The number of hydrogen-bond acceptors (Lipinski definition) is 7. The Hall–Kier alpha value is -2.74. The third kappa shape index (κ3) is 3.60. The molecule has 132 valence electrons. The molecule has 0 bridgehead atoms. The summed E-state index contributed by atoms with van der Waals surface area (Å²) in [7, 11) is 0. The molecule has 0 atom stereocenters. The first-order valence-corrected chi connectivity index (χ1v) is 9.36. The number of nitrogens with one attached hydrogen (secondary N) is 1. The highest BCUT2D eigenvalue weighted by Crippen LogP contribution is 2.33. The number of phenolic OH excluding ortho intramolecular Hbond substituents is 1. The molecule has 0 radical (unpaired) electrons. The van der Waals surface area contributed by atoms with Gasteiger partial charge in [0.25, 0.3) is 0 Å². The molecule has 1 aliphatic rings. The van der Waals surface area contributed by atoms with Crippen molar-refractivity contribution < 1.29 is 9.50 Å². The van der Waals surface area contributed by atoms with E-state index in [4.69, 9.17) is 0 Å². The van der Waals surface area contributed by atoms with Crippen molar-refractivity contribution >= 4 is 17.7 Å². The number of hydrogen-bond donors (Lipinski definition) is 2. The number of aromatic nitrogens is 4. The molecule has 0 unspecified atom stereocenters. The smallest absolute Gasteiger partial charge is 0.242 e. The van der Waals surface area contributed by atoms with Gasteiger partial charge in [0, 0.05) is 17.7 Å². The van der Waals surface area contributed by atoms with Crippen LogP contribution in [-0.2, 0) is 0 Å². The number of thioether (sulfide) groups is 1. The number of halogens is 1. The fourth-order valence-electron chi connectivity index (χ4n) is 2.55. The molecule has 1 saturated carbocycles. The highest BCUT2D eigenvalue weighted by atomic mass is 32.2. The van der Waals surface area contributed by atoms with Crippen LogP contribution in [0.1, 0.15) is 12.8 Å². The van der Waals surface area contributed by atoms with Crippen molar-refractivity contribution in [1.29, 1.82) is 0 Å². The minimum Gasteiger partial charge on any atom is -0.507 e. The summed E-state index contributed by atoms with van der Waals surface area (Å²) < 4.78 is 13.7. The molecule has 4 rings (SSSR count). The van der Waals surface area contributed by atoms with E-state index in [-0.39, 0.29) is 5.75 Å². The number of anilines is 1. The molecule has 2 aromatic heterocycles. The van der Waals surface area contributed by atoms with Crippen molar-refractivity contribution in [3.8, 4) is 28.1 Å². The van der Waals surface area contributed by atoms with Crippen LogP contribution in [0.4, 0.5) is 10.3 Å². The molecule has 26 heavy (non-hydrogen) atoms. The number of aromatic hydroxyl groups is 1. The summed E-state index contributed by atoms with van der Waals surface area (Å²) in [4.78, 5) is 8.03.